The van der Waals surface area contributed by atoms with Gasteiger partial charge >= 0.3 is 0 Å². The van der Waals surface area contributed by atoms with Crippen LogP contribution in [0.25, 0.3) is 0 Å². The van der Waals surface area contributed by atoms with Crippen molar-refractivity contribution in [2.45, 2.75) is 19.4 Å². The highest BCUT2D eigenvalue weighted by Gasteiger charge is 2.03. The number of aliphatic hydroxyl groups is 1. The van der Waals surface area contributed by atoms with E-state index in [0.717, 1.165) is 13.0 Å². The van der Waals surface area contributed by atoms with Gasteiger partial charge in [-0.15, -0.1) is 0 Å². The molecule has 0 amide bonds. The van der Waals surface area contributed by atoms with Crippen molar-refractivity contribution < 1.29 is 9.84 Å². The first kappa shape index (κ1) is 10.9. The molecule has 0 aliphatic carbocycles. The van der Waals surface area contributed by atoms with Crippen LogP contribution in [0.1, 0.15) is 13.3 Å². The highest BCUT2D eigenvalue weighted by molar-refractivity contribution is 4.56. The van der Waals surface area contributed by atoms with Crippen molar-refractivity contribution >= 4 is 0 Å². The van der Waals surface area contributed by atoms with Crippen molar-refractivity contribution in [3.05, 3.63) is 0 Å². The van der Waals surface area contributed by atoms with Crippen molar-refractivity contribution in [1.82, 2.24) is 4.90 Å². The Labute approximate surface area is 69.0 Å². The minimum Gasteiger partial charge on any atom is -0.389 e. The molecule has 0 bridgehead atoms. The van der Waals surface area contributed by atoms with Crippen LogP contribution < -0.4 is 0 Å². The number of rotatable bonds is 6. The van der Waals surface area contributed by atoms with Gasteiger partial charge in [0.05, 0.1) is 12.7 Å². The molecule has 0 saturated heterocycles. The Morgan fingerprint density at radius 1 is 1.45 bits per heavy atom. The normalized spacial score (nSPS) is 13.9. The molecule has 0 aromatic heterocycles. The molecule has 68 valence electrons. The second kappa shape index (κ2) is 6.58. The predicted molar refractivity (Wildman–Crippen MR) is 45.7 cm³/mol. The minimum atomic E-state index is -0.350. The van der Waals surface area contributed by atoms with Crippen LogP contribution in [0.5, 0.6) is 0 Å². The highest BCUT2D eigenvalue weighted by Crippen LogP contribution is 1.89. The smallest absolute Gasteiger partial charge is 0.0899 e. The molecule has 0 aliphatic rings. The standard InChI is InChI=1S/C8H19NO2/c1-4-5-11-7-8(10)6-9(2)3/h8,10H,4-7H2,1-3H3. The third kappa shape index (κ3) is 7.78. The van der Waals surface area contributed by atoms with Crippen LogP contribution in [-0.2, 0) is 4.74 Å². The summed E-state index contributed by atoms with van der Waals surface area (Å²) in [6.07, 6.45) is 0.658. The maximum absolute atomic E-state index is 9.28. The largest absolute Gasteiger partial charge is 0.389 e. The molecule has 11 heavy (non-hydrogen) atoms. The number of nitrogens with zero attached hydrogens (tertiary/aromatic N) is 1. The first-order valence-electron chi connectivity index (χ1n) is 4.07. The summed E-state index contributed by atoms with van der Waals surface area (Å²) in [6, 6.07) is 0. The summed E-state index contributed by atoms with van der Waals surface area (Å²) < 4.78 is 5.17. The van der Waals surface area contributed by atoms with Crippen molar-refractivity contribution in [2.75, 3.05) is 33.9 Å². The fourth-order valence-electron chi connectivity index (χ4n) is 0.838. The van der Waals surface area contributed by atoms with Gasteiger partial charge in [0.25, 0.3) is 0 Å². The van der Waals surface area contributed by atoms with Crippen LogP contribution in [0, 0.1) is 0 Å². The van der Waals surface area contributed by atoms with Crippen LogP contribution in [0.2, 0.25) is 0 Å². The Bertz CT molecular complexity index is 86.2. The third-order valence-electron chi connectivity index (χ3n) is 1.23. The van der Waals surface area contributed by atoms with Gasteiger partial charge in [-0.3, -0.25) is 0 Å². The van der Waals surface area contributed by atoms with Crippen molar-refractivity contribution in [2.24, 2.45) is 0 Å². The van der Waals surface area contributed by atoms with Crippen LogP contribution >= 0.6 is 0 Å². The number of ether oxygens (including phenoxy) is 1. The van der Waals surface area contributed by atoms with Gasteiger partial charge in [0.15, 0.2) is 0 Å². The Kier molecular flexibility index (Phi) is 6.51. The molecular formula is C8H19NO2. The van der Waals surface area contributed by atoms with E-state index in [0.29, 0.717) is 13.2 Å². The van der Waals surface area contributed by atoms with Crippen LogP contribution in [-0.4, -0.2) is 50.0 Å². The van der Waals surface area contributed by atoms with Gasteiger partial charge in [0.2, 0.25) is 0 Å². The molecule has 0 heterocycles. The molecule has 3 nitrogen and oxygen atoms in total. The maximum Gasteiger partial charge on any atom is 0.0899 e. The topological polar surface area (TPSA) is 32.7 Å². The third-order valence-corrected chi connectivity index (χ3v) is 1.23. The lowest BCUT2D eigenvalue weighted by molar-refractivity contribution is 0.0245. The van der Waals surface area contributed by atoms with Crippen molar-refractivity contribution in [3.63, 3.8) is 0 Å². The molecule has 0 aromatic rings. The average molecular weight is 161 g/mol. The first-order valence-corrected chi connectivity index (χ1v) is 4.07. The summed E-state index contributed by atoms with van der Waals surface area (Å²) in [7, 11) is 3.87. The number of hydrogen-bond acceptors (Lipinski definition) is 3. The molecule has 0 spiro atoms. The van der Waals surface area contributed by atoms with E-state index >= 15 is 0 Å². The molecule has 0 rings (SSSR count). The predicted octanol–water partition coefficient (Wildman–Crippen LogP) is 0.335. The molecule has 0 fully saturated rings. The van der Waals surface area contributed by atoms with Gasteiger partial charge in [-0.2, -0.15) is 0 Å². The molecule has 3 heteroatoms. The van der Waals surface area contributed by atoms with Crippen LogP contribution in [0.15, 0.2) is 0 Å². The molecule has 0 radical (unpaired) electrons. The van der Waals surface area contributed by atoms with Crippen LogP contribution in [0.3, 0.4) is 0 Å². The molecule has 0 aromatic carbocycles. The zero-order valence-corrected chi connectivity index (χ0v) is 7.71. The summed E-state index contributed by atoms with van der Waals surface area (Å²) in [4.78, 5) is 1.94. The fourth-order valence-corrected chi connectivity index (χ4v) is 0.838. The molecule has 0 aliphatic heterocycles. The van der Waals surface area contributed by atoms with E-state index in [-0.39, 0.29) is 6.10 Å². The highest BCUT2D eigenvalue weighted by atomic mass is 16.5. The van der Waals surface area contributed by atoms with E-state index in [1.807, 2.05) is 19.0 Å². The first-order chi connectivity index (χ1) is 5.16. The van der Waals surface area contributed by atoms with E-state index in [2.05, 4.69) is 6.92 Å². The van der Waals surface area contributed by atoms with Gasteiger partial charge in [0, 0.05) is 13.2 Å². The Balaban J connectivity index is 3.15. The van der Waals surface area contributed by atoms with E-state index < -0.39 is 0 Å². The van der Waals surface area contributed by atoms with Gasteiger partial charge in [-0.1, -0.05) is 6.92 Å². The summed E-state index contributed by atoms with van der Waals surface area (Å²) in [5.74, 6) is 0. The van der Waals surface area contributed by atoms with Gasteiger partial charge < -0.3 is 14.7 Å². The number of hydrogen-bond donors (Lipinski definition) is 1. The SMILES string of the molecule is CCCOCC(O)CN(C)C. The van der Waals surface area contributed by atoms with E-state index in [1.54, 1.807) is 0 Å². The second-order valence-corrected chi connectivity index (χ2v) is 2.99. The van der Waals surface area contributed by atoms with Gasteiger partial charge in [-0.05, 0) is 20.5 Å². The number of aliphatic hydroxyl groups excluding tert-OH is 1. The summed E-state index contributed by atoms with van der Waals surface area (Å²) >= 11 is 0. The van der Waals surface area contributed by atoms with Crippen molar-refractivity contribution in [3.8, 4) is 0 Å². The lowest BCUT2D eigenvalue weighted by Gasteiger charge is -2.15. The number of likely N-dealkylation sites (N-methyl/N-ethyl adjacent to an activating group) is 1. The molecule has 0 saturated carbocycles. The second-order valence-electron chi connectivity index (χ2n) is 2.99. The van der Waals surface area contributed by atoms with E-state index in [1.165, 1.54) is 0 Å². The van der Waals surface area contributed by atoms with Gasteiger partial charge in [0.1, 0.15) is 0 Å². The molecular weight excluding hydrogens is 142 g/mol. The summed E-state index contributed by atoms with van der Waals surface area (Å²) in [6.45, 7) is 3.92. The molecule has 1 N–H and O–H groups in total. The van der Waals surface area contributed by atoms with Crippen molar-refractivity contribution in [1.29, 1.82) is 0 Å². The summed E-state index contributed by atoms with van der Waals surface area (Å²) in [5.41, 5.74) is 0. The lowest BCUT2D eigenvalue weighted by atomic mass is 10.3. The monoisotopic (exact) mass is 161 g/mol. The zero-order valence-electron chi connectivity index (χ0n) is 7.71. The lowest BCUT2D eigenvalue weighted by Crippen LogP contribution is -2.29. The van der Waals surface area contributed by atoms with Gasteiger partial charge in [-0.25, -0.2) is 0 Å². The average Bonchev–Trinajstić information content (AvgIpc) is 1.86. The Morgan fingerprint density at radius 2 is 2.09 bits per heavy atom. The van der Waals surface area contributed by atoms with E-state index in [4.69, 9.17) is 4.74 Å². The molecule has 1 atom stereocenters. The Hall–Kier alpha value is -0.120. The summed E-state index contributed by atoms with van der Waals surface area (Å²) in [5, 5.41) is 9.28. The zero-order chi connectivity index (χ0) is 8.69. The van der Waals surface area contributed by atoms with Crippen LogP contribution in [0.4, 0.5) is 0 Å². The maximum atomic E-state index is 9.28. The molecule has 1 unspecified atom stereocenters. The fraction of sp³-hybridized carbons (Fsp3) is 1.00. The van der Waals surface area contributed by atoms with E-state index in [9.17, 15) is 5.11 Å². The minimum absolute atomic E-state index is 0.350. The quantitative estimate of drug-likeness (QED) is 0.570. The Morgan fingerprint density at radius 3 is 2.55 bits per heavy atom.